The molecule has 3 aromatic rings. The zero-order chi connectivity index (χ0) is 14.1. The second-order valence-corrected chi connectivity index (χ2v) is 6.18. The number of benzene rings is 2. The summed E-state index contributed by atoms with van der Waals surface area (Å²) in [5.74, 6) is -0.266. The highest BCUT2D eigenvalue weighted by Crippen LogP contribution is 2.38. The number of halogens is 3. The molecule has 20 heavy (non-hydrogen) atoms. The van der Waals surface area contributed by atoms with Crippen molar-refractivity contribution in [2.75, 3.05) is 0 Å². The monoisotopic (exact) mass is 323 g/mol. The van der Waals surface area contributed by atoms with Gasteiger partial charge in [-0.05, 0) is 29.8 Å². The fourth-order valence-electron chi connectivity index (χ4n) is 1.89. The van der Waals surface area contributed by atoms with Crippen molar-refractivity contribution in [3.8, 4) is 21.7 Å². The normalized spacial score (nSPS) is 10.8. The standard InChI is InChI=1S/C15H8Cl2FNS/c16-11-5-1-9(2-6-11)13-14(20-15(17)19-13)10-3-7-12(18)8-4-10/h1-8H. The molecule has 0 aliphatic rings. The molecule has 0 amide bonds. The molecule has 0 unspecified atom stereocenters. The van der Waals surface area contributed by atoms with Crippen molar-refractivity contribution >= 4 is 34.5 Å². The number of nitrogens with zero attached hydrogens (tertiary/aromatic N) is 1. The summed E-state index contributed by atoms with van der Waals surface area (Å²) >= 11 is 13.3. The van der Waals surface area contributed by atoms with E-state index >= 15 is 0 Å². The number of thiazole rings is 1. The second kappa shape index (κ2) is 5.52. The van der Waals surface area contributed by atoms with E-state index in [1.54, 1.807) is 24.3 Å². The van der Waals surface area contributed by atoms with Crippen molar-refractivity contribution in [2.45, 2.75) is 0 Å². The van der Waals surface area contributed by atoms with E-state index < -0.39 is 0 Å². The van der Waals surface area contributed by atoms with Gasteiger partial charge in [-0.15, -0.1) is 11.3 Å². The molecule has 0 saturated heterocycles. The van der Waals surface area contributed by atoms with Crippen LogP contribution in [0.25, 0.3) is 21.7 Å². The van der Waals surface area contributed by atoms with Gasteiger partial charge in [-0.2, -0.15) is 0 Å². The number of hydrogen-bond donors (Lipinski definition) is 0. The molecule has 100 valence electrons. The van der Waals surface area contributed by atoms with Crippen LogP contribution in [0.1, 0.15) is 0 Å². The van der Waals surface area contributed by atoms with Gasteiger partial charge in [-0.3, -0.25) is 0 Å². The fourth-order valence-corrected chi connectivity index (χ4v) is 3.16. The molecule has 0 fully saturated rings. The van der Waals surface area contributed by atoms with Gasteiger partial charge in [-0.25, -0.2) is 9.37 Å². The first-order chi connectivity index (χ1) is 9.63. The van der Waals surface area contributed by atoms with Gasteiger partial charge in [0.25, 0.3) is 0 Å². The lowest BCUT2D eigenvalue weighted by molar-refractivity contribution is 0.628. The minimum absolute atomic E-state index is 0.266. The Bertz CT molecular complexity index is 673. The molecule has 0 aliphatic carbocycles. The Morgan fingerprint density at radius 3 is 2.10 bits per heavy atom. The molecule has 5 heteroatoms. The molecule has 1 nitrogen and oxygen atoms in total. The number of aromatic nitrogens is 1. The van der Waals surface area contributed by atoms with Crippen LogP contribution in [0, 0.1) is 5.82 Å². The van der Waals surface area contributed by atoms with Crippen LogP contribution in [0.3, 0.4) is 0 Å². The third-order valence-electron chi connectivity index (χ3n) is 2.83. The molecule has 3 rings (SSSR count). The maximum absolute atomic E-state index is 13.0. The molecular formula is C15H8Cl2FNS. The van der Waals surface area contributed by atoms with Crippen molar-refractivity contribution in [1.29, 1.82) is 0 Å². The van der Waals surface area contributed by atoms with E-state index in [1.165, 1.54) is 23.5 Å². The van der Waals surface area contributed by atoms with E-state index in [9.17, 15) is 4.39 Å². The van der Waals surface area contributed by atoms with Crippen LogP contribution in [0.4, 0.5) is 4.39 Å². The largest absolute Gasteiger partial charge is 0.224 e. The van der Waals surface area contributed by atoms with E-state index in [0.29, 0.717) is 9.49 Å². The molecule has 0 atom stereocenters. The van der Waals surface area contributed by atoms with Crippen LogP contribution in [0.5, 0.6) is 0 Å². The van der Waals surface area contributed by atoms with E-state index in [-0.39, 0.29) is 5.82 Å². The van der Waals surface area contributed by atoms with Crippen molar-refractivity contribution in [2.24, 2.45) is 0 Å². The van der Waals surface area contributed by atoms with Gasteiger partial charge in [0.05, 0.1) is 10.6 Å². The average Bonchev–Trinajstić information content (AvgIpc) is 2.82. The maximum Gasteiger partial charge on any atom is 0.184 e. The highest BCUT2D eigenvalue weighted by Gasteiger charge is 2.14. The van der Waals surface area contributed by atoms with Crippen molar-refractivity contribution < 1.29 is 4.39 Å². The van der Waals surface area contributed by atoms with Crippen LogP contribution in [0.2, 0.25) is 9.49 Å². The lowest BCUT2D eigenvalue weighted by atomic mass is 10.1. The molecule has 1 aromatic heterocycles. The Labute approximate surface area is 129 Å². The van der Waals surface area contributed by atoms with Crippen LogP contribution in [-0.2, 0) is 0 Å². The van der Waals surface area contributed by atoms with Gasteiger partial charge in [0, 0.05) is 10.6 Å². The lowest BCUT2D eigenvalue weighted by Crippen LogP contribution is -1.82. The van der Waals surface area contributed by atoms with Crippen molar-refractivity contribution in [1.82, 2.24) is 4.98 Å². The minimum Gasteiger partial charge on any atom is -0.224 e. The topological polar surface area (TPSA) is 12.9 Å². The van der Waals surface area contributed by atoms with Crippen LogP contribution >= 0.6 is 34.5 Å². The molecule has 0 bridgehead atoms. The fraction of sp³-hybridized carbons (Fsp3) is 0. The van der Waals surface area contributed by atoms with Crippen molar-refractivity contribution in [3.05, 3.63) is 63.8 Å². The van der Waals surface area contributed by atoms with Gasteiger partial charge < -0.3 is 0 Å². The summed E-state index contributed by atoms with van der Waals surface area (Å²) in [5, 5.41) is 0.665. The van der Waals surface area contributed by atoms with E-state index in [2.05, 4.69) is 4.98 Å². The van der Waals surface area contributed by atoms with Gasteiger partial charge in [-0.1, -0.05) is 47.5 Å². The number of hydrogen-bond acceptors (Lipinski definition) is 2. The Morgan fingerprint density at radius 2 is 1.45 bits per heavy atom. The highest BCUT2D eigenvalue weighted by molar-refractivity contribution is 7.19. The molecule has 2 aromatic carbocycles. The van der Waals surface area contributed by atoms with Crippen molar-refractivity contribution in [3.63, 3.8) is 0 Å². The SMILES string of the molecule is Fc1ccc(-c2sc(Cl)nc2-c2ccc(Cl)cc2)cc1. The predicted octanol–water partition coefficient (Wildman–Crippen LogP) is 5.92. The first-order valence-electron chi connectivity index (χ1n) is 5.82. The molecular weight excluding hydrogens is 316 g/mol. The Morgan fingerprint density at radius 1 is 0.850 bits per heavy atom. The van der Waals surface area contributed by atoms with Crippen LogP contribution < -0.4 is 0 Å². The van der Waals surface area contributed by atoms with E-state index in [1.807, 2.05) is 12.1 Å². The highest BCUT2D eigenvalue weighted by atomic mass is 35.5. The van der Waals surface area contributed by atoms with Crippen LogP contribution in [-0.4, -0.2) is 4.98 Å². The lowest BCUT2D eigenvalue weighted by Gasteiger charge is -2.03. The summed E-state index contributed by atoms with van der Waals surface area (Å²) in [7, 11) is 0. The third kappa shape index (κ3) is 2.70. The molecule has 0 saturated carbocycles. The summed E-state index contributed by atoms with van der Waals surface area (Å²) in [6.07, 6.45) is 0. The zero-order valence-electron chi connectivity index (χ0n) is 10.1. The summed E-state index contributed by atoms with van der Waals surface area (Å²) in [5.41, 5.74) is 2.60. The van der Waals surface area contributed by atoms with Crippen LogP contribution in [0.15, 0.2) is 48.5 Å². The maximum atomic E-state index is 13.0. The second-order valence-electron chi connectivity index (χ2n) is 4.16. The van der Waals surface area contributed by atoms with Gasteiger partial charge >= 0.3 is 0 Å². The first kappa shape index (κ1) is 13.6. The Balaban J connectivity index is 2.12. The Hall–Kier alpha value is -1.42. The molecule has 0 N–H and O–H groups in total. The van der Waals surface area contributed by atoms with E-state index in [4.69, 9.17) is 23.2 Å². The average molecular weight is 324 g/mol. The zero-order valence-corrected chi connectivity index (χ0v) is 12.4. The van der Waals surface area contributed by atoms with Gasteiger partial charge in [0.1, 0.15) is 5.82 Å². The van der Waals surface area contributed by atoms with Gasteiger partial charge in [0.2, 0.25) is 0 Å². The Kier molecular flexibility index (Phi) is 3.74. The first-order valence-corrected chi connectivity index (χ1v) is 7.39. The molecule has 0 aliphatic heterocycles. The summed E-state index contributed by atoms with van der Waals surface area (Å²) < 4.78 is 13.5. The molecule has 1 heterocycles. The smallest absolute Gasteiger partial charge is 0.184 e. The summed E-state index contributed by atoms with van der Waals surface area (Å²) in [6.45, 7) is 0. The predicted molar refractivity (Wildman–Crippen MR) is 83.0 cm³/mol. The minimum atomic E-state index is -0.266. The third-order valence-corrected chi connectivity index (χ3v) is 4.29. The molecule has 0 spiro atoms. The van der Waals surface area contributed by atoms with E-state index in [0.717, 1.165) is 21.7 Å². The van der Waals surface area contributed by atoms with Gasteiger partial charge in [0.15, 0.2) is 4.47 Å². The molecule has 0 radical (unpaired) electrons. The quantitative estimate of drug-likeness (QED) is 0.570. The summed E-state index contributed by atoms with van der Waals surface area (Å²) in [4.78, 5) is 5.27. The number of rotatable bonds is 2. The summed E-state index contributed by atoms with van der Waals surface area (Å²) in [6, 6.07) is 13.7.